The fourth-order valence-corrected chi connectivity index (χ4v) is 1.08. The van der Waals surface area contributed by atoms with Gasteiger partial charge in [0.15, 0.2) is 0 Å². The highest BCUT2D eigenvalue weighted by atomic mass is 16.3. The van der Waals surface area contributed by atoms with E-state index in [0.29, 0.717) is 6.54 Å². The molecule has 3 N–H and O–H groups in total. The summed E-state index contributed by atoms with van der Waals surface area (Å²) < 4.78 is 0. The molecule has 0 fully saturated rings. The van der Waals surface area contributed by atoms with E-state index in [1.54, 1.807) is 6.92 Å². The smallest absolute Gasteiger partial charge is 0.315 e. The van der Waals surface area contributed by atoms with Gasteiger partial charge in [-0.05, 0) is 12.5 Å². The average Bonchev–Trinajstić information content (AvgIpc) is 2.25. The van der Waals surface area contributed by atoms with Crippen LogP contribution in [0.4, 0.5) is 4.79 Å². The Morgan fingerprint density at radius 2 is 2.00 bits per heavy atom. The molecular formula is C11H16N2O2. The molecule has 1 atom stereocenters. The molecule has 4 nitrogen and oxygen atoms in total. The lowest BCUT2D eigenvalue weighted by Crippen LogP contribution is -2.38. The first-order chi connectivity index (χ1) is 7.18. The Morgan fingerprint density at radius 1 is 1.33 bits per heavy atom. The Balaban J connectivity index is 2.23. The number of aliphatic hydroxyl groups is 1. The average molecular weight is 208 g/mol. The SMILES string of the molecule is C[C@@H](O)CNC(=O)NCc1ccccc1. The minimum absolute atomic E-state index is 0.264. The van der Waals surface area contributed by atoms with Crippen molar-refractivity contribution in [2.45, 2.75) is 19.6 Å². The van der Waals surface area contributed by atoms with Crippen LogP contribution in [0.5, 0.6) is 0 Å². The maximum atomic E-state index is 11.2. The highest BCUT2D eigenvalue weighted by Gasteiger charge is 2.01. The first kappa shape index (κ1) is 11.5. The fraction of sp³-hybridized carbons (Fsp3) is 0.364. The number of benzene rings is 1. The van der Waals surface area contributed by atoms with Crippen molar-refractivity contribution in [2.75, 3.05) is 6.54 Å². The number of urea groups is 1. The fourth-order valence-electron chi connectivity index (χ4n) is 1.08. The Labute approximate surface area is 89.3 Å². The summed E-state index contributed by atoms with van der Waals surface area (Å²) in [6, 6.07) is 9.39. The van der Waals surface area contributed by atoms with Crippen LogP contribution >= 0.6 is 0 Å². The third kappa shape index (κ3) is 5.02. The summed E-state index contributed by atoms with van der Waals surface area (Å²) >= 11 is 0. The molecule has 0 unspecified atom stereocenters. The first-order valence-corrected chi connectivity index (χ1v) is 4.92. The molecule has 15 heavy (non-hydrogen) atoms. The van der Waals surface area contributed by atoms with E-state index in [9.17, 15) is 4.79 Å². The van der Waals surface area contributed by atoms with E-state index in [1.807, 2.05) is 30.3 Å². The van der Waals surface area contributed by atoms with Crippen LogP contribution in [-0.2, 0) is 6.54 Å². The van der Waals surface area contributed by atoms with Crippen molar-refractivity contribution < 1.29 is 9.90 Å². The second-order valence-electron chi connectivity index (χ2n) is 3.40. The molecule has 1 rings (SSSR count). The maximum absolute atomic E-state index is 11.2. The predicted octanol–water partition coefficient (Wildman–Crippen LogP) is 0.867. The summed E-state index contributed by atoms with van der Waals surface area (Å²) in [5.41, 5.74) is 1.05. The normalized spacial score (nSPS) is 11.9. The number of hydrogen-bond acceptors (Lipinski definition) is 2. The summed E-state index contributed by atoms with van der Waals surface area (Å²) in [6.45, 7) is 2.38. The van der Waals surface area contributed by atoms with Crippen molar-refractivity contribution in [1.29, 1.82) is 0 Å². The number of carbonyl (C=O) groups is 1. The summed E-state index contributed by atoms with van der Waals surface area (Å²) in [5.74, 6) is 0. The molecule has 0 aromatic heterocycles. The van der Waals surface area contributed by atoms with Gasteiger partial charge in [0.2, 0.25) is 0 Å². The van der Waals surface area contributed by atoms with E-state index in [-0.39, 0.29) is 12.6 Å². The second-order valence-corrected chi connectivity index (χ2v) is 3.40. The third-order valence-corrected chi connectivity index (χ3v) is 1.85. The summed E-state index contributed by atoms with van der Waals surface area (Å²) in [4.78, 5) is 11.2. The predicted molar refractivity (Wildman–Crippen MR) is 58.4 cm³/mol. The number of rotatable bonds is 4. The van der Waals surface area contributed by atoms with Gasteiger partial charge in [0.1, 0.15) is 0 Å². The lowest BCUT2D eigenvalue weighted by atomic mass is 10.2. The van der Waals surface area contributed by atoms with Crippen molar-refractivity contribution in [3.05, 3.63) is 35.9 Å². The quantitative estimate of drug-likeness (QED) is 0.687. The van der Waals surface area contributed by atoms with Crippen molar-refractivity contribution >= 4 is 6.03 Å². The molecule has 2 amide bonds. The van der Waals surface area contributed by atoms with Crippen molar-refractivity contribution in [3.63, 3.8) is 0 Å². The van der Waals surface area contributed by atoms with Gasteiger partial charge in [-0.2, -0.15) is 0 Å². The van der Waals surface area contributed by atoms with E-state index < -0.39 is 6.10 Å². The summed E-state index contributed by atoms with van der Waals surface area (Å²) in [6.07, 6.45) is -0.521. The first-order valence-electron chi connectivity index (χ1n) is 4.92. The highest BCUT2D eigenvalue weighted by molar-refractivity contribution is 5.73. The van der Waals surface area contributed by atoms with Gasteiger partial charge < -0.3 is 15.7 Å². The molecule has 0 bridgehead atoms. The standard InChI is InChI=1S/C11H16N2O2/c1-9(14)7-12-11(15)13-8-10-5-3-2-4-6-10/h2-6,9,14H,7-8H2,1H3,(H2,12,13,15)/t9-/m1/s1. The summed E-state index contributed by atoms with van der Waals surface area (Å²) in [7, 11) is 0. The van der Waals surface area contributed by atoms with E-state index in [2.05, 4.69) is 10.6 Å². The zero-order chi connectivity index (χ0) is 11.1. The Hall–Kier alpha value is -1.55. The molecule has 82 valence electrons. The lowest BCUT2D eigenvalue weighted by molar-refractivity contribution is 0.187. The van der Waals surface area contributed by atoms with Crippen molar-refractivity contribution in [2.24, 2.45) is 0 Å². The number of amides is 2. The Bertz CT molecular complexity index is 299. The van der Waals surface area contributed by atoms with Crippen LogP contribution in [0.25, 0.3) is 0 Å². The van der Waals surface area contributed by atoms with Crippen LogP contribution in [0.3, 0.4) is 0 Å². The molecule has 4 heteroatoms. The van der Waals surface area contributed by atoms with E-state index in [1.165, 1.54) is 0 Å². The number of hydrogen-bond donors (Lipinski definition) is 3. The number of aliphatic hydroxyl groups excluding tert-OH is 1. The van der Waals surface area contributed by atoms with Gasteiger partial charge in [-0.25, -0.2) is 4.79 Å². The maximum Gasteiger partial charge on any atom is 0.315 e. The highest BCUT2D eigenvalue weighted by Crippen LogP contribution is 1.96. The van der Waals surface area contributed by atoms with Gasteiger partial charge in [-0.3, -0.25) is 0 Å². The molecule has 0 aliphatic carbocycles. The van der Waals surface area contributed by atoms with Crippen molar-refractivity contribution in [1.82, 2.24) is 10.6 Å². The molecular weight excluding hydrogens is 192 g/mol. The van der Waals surface area contributed by atoms with Gasteiger partial charge in [-0.15, -0.1) is 0 Å². The molecule has 0 heterocycles. The van der Waals surface area contributed by atoms with Crippen LogP contribution in [-0.4, -0.2) is 23.8 Å². The summed E-state index contributed by atoms with van der Waals surface area (Å²) in [5, 5.41) is 14.2. The molecule has 0 aliphatic heterocycles. The van der Waals surface area contributed by atoms with E-state index in [4.69, 9.17) is 5.11 Å². The van der Waals surface area contributed by atoms with Gasteiger partial charge in [-0.1, -0.05) is 30.3 Å². The van der Waals surface area contributed by atoms with E-state index >= 15 is 0 Å². The molecule has 1 aromatic rings. The molecule has 0 saturated heterocycles. The van der Waals surface area contributed by atoms with Gasteiger partial charge in [0.25, 0.3) is 0 Å². The molecule has 0 spiro atoms. The molecule has 1 aromatic carbocycles. The Kier molecular flexibility index (Phi) is 4.63. The third-order valence-electron chi connectivity index (χ3n) is 1.85. The molecule has 0 aliphatic rings. The van der Waals surface area contributed by atoms with Gasteiger partial charge in [0.05, 0.1) is 6.10 Å². The Morgan fingerprint density at radius 3 is 2.60 bits per heavy atom. The van der Waals surface area contributed by atoms with Crippen LogP contribution in [0.1, 0.15) is 12.5 Å². The zero-order valence-electron chi connectivity index (χ0n) is 8.73. The zero-order valence-corrected chi connectivity index (χ0v) is 8.73. The van der Waals surface area contributed by atoms with Crippen LogP contribution < -0.4 is 10.6 Å². The number of carbonyl (C=O) groups excluding carboxylic acids is 1. The van der Waals surface area contributed by atoms with Crippen LogP contribution in [0.15, 0.2) is 30.3 Å². The lowest BCUT2D eigenvalue weighted by Gasteiger charge is -2.08. The monoisotopic (exact) mass is 208 g/mol. The molecule has 0 saturated carbocycles. The van der Waals surface area contributed by atoms with Gasteiger partial charge in [0, 0.05) is 13.1 Å². The van der Waals surface area contributed by atoms with Crippen LogP contribution in [0, 0.1) is 0 Å². The second kappa shape index (κ2) is 6.03. The van der Waals surface area contributed by atoms with Crippen LogP contribution in [0.2, 0.25) is 0 Å². The topological polar surface area (TPSA) is 61.4 Å². The minimum atomic E-state index is -0.521. The molecule has 0 radical (unpaired) electrons. The van der Waals surface area contributed by atoms with E-state index in [0.717, 1.165) is 5.56 Å². The minimum Gasteiger partial charge on any atom is -0.392 e. The van der Waals surface area contributed by atoms with Gasteiger partial charge >= 0.3 is 6.03 Å². The number of nitrogens with one attached hydrogen (secondary N) is 2. The van der Waals surface area contributed by atoms with Crippen molar-refractivity contribution in [3.8, 4) is 0 Å². The largest absolute Gasteiger partial charge is 0.392 e.